The SMILES string of the molecule is CCN(CC)C(=O)[C@@H]1C[C@H](NC(=O)c2cc(C)oc2C)CN1C. The third kappa shape index (κ3) is 3.75. The molecule has 1 aromatic heterocycles. The number of likely N-dealkylation sites (tertiary alicyclic amines) is 1. The summed E-state index contributed by atoms with van der Waals surface area (Å²) in [6.45, 7) is 9.69. The van der Waals surface area contributed by atoms with Crippen LogP contribution in [0, 0.1) is 13.8 Å². The highest BCUT2D eigenvalue weighted by atomic mass is 16.3. The van der Waals surface area contributed by atoms with E-state index in [1.165, 1.54) is 0 Å². The van der Waals surface area contributed by atoms with Crippen molar-refractivity contribution in [2.45, 2.75) is 46.2 Å². The first-order valence-electron chi connectivity index (χ1n) is 8.24. The topological polar surface area (TPSA) is 65.8 Å². The third-order valence-electron chi connectivity index (χ3n) is 4.53. The third-order valence-corrected chi connectivity index (χ3v) is 4.53. The highest BCUT2D eigenvalue weighted by molar-refractivity contribution is 5.95. The lowest BCUT2D eigenvalue weighted by Gasteiger charge is -2.26. The van der Waals surface area contributed by atoms with Gasteiger partial charge in [0.1, 0.15) is 11.5 Å². The zero-order chi connectivity index (χ0) is 17.1. The molecular formula is C17H27N3O3. The highest BCUT2D eigenvalue weighted by Crippen LogP contribution is 2.20. The fourth-order valence-corrected chi connectivity index (χ4v) is 3.26. The van der Waals surface area contributed by atoms with Crippen LogP contribution >= 0.6 is 0 Å². The molecule has 0 bridgehead atoms. The number of nitrogens with zero attached hydrogens (tertiary/aromatic N) is 2. The molecule has 1 aliphatic heterocycles. The van der Waals surface area contributed by atoms with Crippen molar-refractivity contribution in [3.8, 4) is 0 Å². The molecule has 0 aromatic carbocycles. The Labute approximate surface area is 137 Å². The molecule has 0 saturated carbocycles. The van der Waals surface area contributed by atoms with Gasteiger partial charge in [0.2, 0.25) is 5.91 Å². The molecule has 1 saturated heterocycles. The van der Waals surface area contributed by atoms with Crippen molar-refractivity contribution in [1.29, 1.82) is 0 Å². The fourth-order valence-electron chi connectivity index (χ4n) is 3.26. The molecular weight excluding hydrogens is 294 g/mol. The second-order valence-corrected chi connectivity index (χ2v) is 6.20. The number of amides is 2. The van der Waals surface area contributed by atoms with Gasteiger partial charge in [0.25, 0.3) is 5.91 Å². The Morgan fingerprint density at radius 3 is 2.52 bits per heavy atom. The molecule has 0 spiro atoms. The van der Waals surface area contributed by atoms with Crippen molar-refractivity contribution in [1.82, 2.24) is 15.1 Å². The summed E-state index contributed by atoms with van der Waals surface area (Å²) in [5.41, 5.74) is 0.573. The molecule has 23 heavy (non-hydrogen) atoms. The van der Waals surface area contributed by atoms with Gasteiger partial charge < -0.3 is 14.6 Å². The monoisotopic (exact) mass is 321 g/mol. The summed E-state index contributed by atoms with van der Waals surface area (Å²) in [5, 5.41) is 3.03. The average molecular weight is 321 g/mol. The minimum atomic E-state index is -0.160. The Balaban J connectivity index is 2.00. The van der Waals surface area contributed by atoms with Crippen LogP contribution < -0.4 is 5.32 Å². The first-order chi connectivity index (χ1) is 10.9. The van der Waals surface area contributed by atoms with Gasteiger partial charge in [-0.15, -0.1) is 0 Å². The maximum atomic E-state index is 12.5. The summed E-state index contributed by atoms with van der Waals surface area (Å²) in [5.74, 6) is 1.37. The molecule has 2 amide bonds. The van der Waals surface area contributed by atoms with Gasteiger partial charge in [0.15, 0.2) is 0 Å². The first kappa shape index (κ1) is 17.5. The van der Waals surface area contributed by atoms with Gasteiger partial charge in [0.05, 0.1) is 11.6 Å². The molecule has 0 radical (unpaired) electrons. The standard InChI is InChI=1S/C17H27N3O3/c1-6-20(7-2)17(22)15-9-13(10-19(15)5)18-16(21)14-8-11(3)23-12(14)4/h8,13,15H,6-7,9-10H2,1-5H3,(H,18,21)/t13-,15-/m0/s1. The molecule has 1 fully saturated rings. The summed E-state index contributed by atoms with van der Waals surface area (Å²) < 4.78 is 5.41. The molecule has 0 unspecified atom stereocenters. The van der Waals surface area contributed by atoms with E-state index < -0.39 is 0 Å². The number of rotatable bonds is 5. The van der Waals surface area contributed by atoms with Crippen LogP contribution in [0.4, 0.5) is 0 Å². The van der Waals surface area contributed by atoms with Gasteiger partial charge in [0, 0.05) is 25.7 Å². The van der Waals surface area contributed by atoms with E-state index in [0.29, 0.717) is 37.4 Å². The lowest BCUT2D eigenvalue weighted by molar-refractivity contribution is -0.135. The molecule has 128 valence electrons. The Bertz CT molecular complexity index is 578. The van der Waals surface area contributed by atoms with Gasteiger partial charge >= 0.3 is 0 Å². The molecule has 1 N–H and O–H groups in total. The van der Waals surface area contributed by atoms with E-state index >= 15 is 0 Å². The van der Waals surface area contributed by atoms with Crippen molar-refractivity contribution >= 4 is 11.8 Å². The Hall–Kier alpha value is -1.82. The van der Waals surface area contributed by atoms with Crippen LogP contribution in [0.15, 0.2) is 10.5 Å². The predicted octanol–water partition coefficient (Wildman–Crippen LogP) is 1.57. The number of nitrogens with one attached hydrogen (secondary N) is 1. The molecule has 1 aliphatic rings. The fraction of sp³-hybridized carbons (Fsp3) is 0.647. The molecule has 6 heteroatoms. The Morgan fingerprint density at radius 1 is 1.35 bits per heavy atom. The zero-order valence-electron chi connectivity index (χ0n) is 14.7. The maximum absolute atomic E-state index is 12.5. The van der Waals surface area contributed by atoms with Crippen molar-refractivity contribution in [3.63, 3.8) is 0 Å². The van der Waals surface area contributed by atoms with Crippen LogP contribution in [-0.2, 0) is 4.79 Å². The van der Waals surface area contributed by atoms with E-state index in [1.54, 1.807) is 13.0 Å². The smallest absolute Gasteiger partial charge is 0.255 e. The minimum Gasteiger partial charge on any atom is -0.466 e. The maximum Gasteiger partial charge on any atom is 0.255 e. The van der Waals surface area contributed by atoms with Crippen LogP contribution in [0.3, 0.4) is 0 Å². The van der Waals surface area contributed by atoms with Crippen LogP contribution in [0.25, 0.3) is 0 Å². The molecule has 6 nitrogen and oxygen atoms in total. The highest BCUT2D eigenvalue weighted by Gasteiger charge is 2.37. The summed E-state index contributed by atoms with van der Waals surface area (Å²) in [4.78, 5) is 28.8. The summed E-state index contributed by atoms with van der Waals surface area (Å²) >= 11 is 0. The van der Waals surface area contributed by atoms with Crippen LogP contribution in [0.1, 0.15) is 42.1 Å². The lowest BCUT2D eigenvalue weighted by atomic mass is 10.1. The van der Waals surface area contributed by atoms with E-state index in [1.807, 2.05) is 37.6 Å². The van der Waals surface area contributed by atoms with E-state index in [-0.39, 0.29) is 23.9 Å². The number of furan rings is 1. The molecule has 2 heterocycles. The largest absolute Gasteiger partial charge is 0.466 e. The molecule has 1 aromatic rings. The van der Waals surface area contributed by atoms with Crippen LogP contribution in [0.2, 0.25) is 0 Å². The van der Waals surface area contributed by atoms with Gasteiger partial charge in [-0.3, -0.25) is 14.5 Å². The van der Waals surface area contributed by atoms with Crippen molar-refractivity contribution in [2.24, 2.45) is 0 Å². The summed E-state index contributed by atoms with van der Waals surface area (Å²) in [6.07, 6.45) is 0.646. The molecule has 2 rings (SSSR count). The number of likely N-dealkylation sites (N-methyl/N-ethyl adjacent to an activating group) is 2. The van der Waals surface area contributed by atoms with Crippen molar-refractivity contribution in [2.75, 3.05) is 26.7 Å². The quantitative estimate of drug-likeness (QED) is 0.894. The molecule has 2 atom stereocenters. The van der Waals surface area contributed by atoms with E-state index in [4.69, 9.17) is 4.42 Å². The Morgan fingerprint density at radius 2 is 2.00 bits per heavy atom. The van der Waals surface area contributed by atoms with Crippen molar-refractivity contribution in [3.05, 3.63) is 23.2 Å². The Kier molecular flexibility index (Phi) is 5.46. The van der Waals surface area contributed by atoms with Crippen LogP contribution in [-0.4, -0.2) is 60.4 Å². The molecule has 0 aliphatic carbocycles. The number of hydrogen-bond donors (Lipinski definition) is 1. The zero-order valence-corrected chi connectivity index (χ0v) is 14.7. The lowest BCUT2D eigenvalue weighted by Crippen LogP contribution is -2.44. The first-order valence-corrected chi connectivity index (χ1v) is 8.24. The number of carbonyl (C=O) groups is 2. The average Bonchev–Trinajstić information content (AvgIpc) is 3.02. The number of carbonyl (C=O) groups excluding carboxylic acids is 2. The number of hydrogen-bond acceptors (Lipinski definition) is 4. The second kappa shape index (κ2) is 7.17. The second-order valence-electron chi connectivity index (χ2n) is 6.20. The van der Waals surface area contributed by atoms with E-state index in [9.17, 15) is 9.59 Å². The van der Waals surface area contributed by atoms with E-state index in [2.05, 4.69) is 5.32 Å². The minimum absolute atomic E-state index is 0.0216. The summed E-state index contributed by atoms with van der Waals surface area (Å²) in [6, 6.07) is 1.57. The van der Waals surface area contributed by atoms with E-state index in [0.717, 1.165) is 5.76 Å². The van der Waals surface area contributed by atoms with Gasteiger partial charge in [-0.05, 0) is 47.2 Å². The van der Waals surface area contributed by atoms with Gasteiger partial charge in [-0.2, -0.15) is 0 Å². The van der Waals surface area contributed by atoms with Crippen molar-refractivity contribution < 1.29 is 14.0 Å². The van der Waals surface area contributed by atoms with Gasteiger partial charge in [-0.1, -0.05) is 0 Å². The number of aryl methyl sites for hydroxylation is 2. The normalized spacial score (nSPS) is 21.4. The summed E-state index contributed by atoms with van der Waals surface area (Å²) in [7, 11) is 1.94. The van der Waals surface area contributed by atoms with Crippen LogP contribution in [0.5, 0.6) is 0 Å². The van der Waals surface area contributed by atoms with Gasteiger partial charge in [-0.25, -0.2) is 0 Å². The predicted molar refractivity (Wildman–Crippen MR) is 88.4 cm³/mol.